The van der Waals surface area contributed by atoms with Gasteiger partial charge in [0.2, 0.25) is 11.6 Å². The summed E-state index contributed by atoms with van der Waals surface area (Å²) < 4.78 is 5.28. The number of hydrogen-bond acceptors (Lipinski definition) is 8. The first-order chi connectivity index (χ1) is 11.6. The van der Waals surface area contributed by atoms with Crippen molar-refractivity contribution in [3.8, 4) is 0 Å². The zero-order chi connectivity index (χ0) is 17.1. The van der Waals surface area contributed by atoms with Crippen LogP contribution in [0.1, 0.15) is 12.8 Å². The number of aromatic nitrogens is 2. The zero-order valence-corrected chi connectivity index (χ0v) is 13.1. The van der Waals surface area contributed by atoms with Crippen molar-refractivity contribution in [3.63, 3.8) is 0 Å². The van der Waals surface area contributed by atoms with Gasteiger partial charge < -0.3 is 19.6 Å². The minimum Gasteiger partial charge on any atom is -0.481 e. The normalized spacial score (nSPS) is 19.3. The Kier molecular flexibility index (Phi) is 4.74. The highest BCUT2D eigenvalue weighted by Gasteiger charge is 2.33. The fourth-order valence-electron chi connectivity index (χ4n) is 3.10. The molecule has 0 radical (unpaired) electrons. The Morgan fingerprint density at radius 3 is 2.21 bits per heavy atom. The van der Waals surface area contributed by atoms with E-state index in [4.69, 9.17) is 9.84 Å². The van der Waals surface area contributed by atoms with E-state index in [0.717, 1.165) is 0 Å². The molecule has 3 heterocycles. The van der Waals surface area contributed by atoms with E-state index in [1.54, 1.807) is 4.90 Å². The molecule has 0 atom stereocenters. The van der Waals surface area contributed by atoms with Crippen LogP contribution in [0.5, 0.6) is 0 Å². The van der Waals surface area contributed by atoms with E-state index in [2.05, 4.69) is 9.97 Å². The Bertz CT molecular complexity index is 626. The lowest BCUT2D eigenvalue weighted by Crippen LogP contribution is -2.39. The molecule has 2 fully saturated rings. The van der Waals surface area contributed by atoms with E-state index < -0.39 is 16.8 Å². The van der Waals surface area contributed by atoms with Crippen molar-refractivity contribution in [2.45, 2.75) is 12.8 Å². The van der Waals surface area contributed by atoms with Gasteiger partial charge in [0.1, 0.15) is 6.33 Å². The number of hydrogen-bond donors (Lipinski definition) is 1. The molecular formula is C14H19N5O5. The second kappa shape index (κ2) is 6.95. The lowest BCUT2D eigenvalue weighted by Gasteiger charge is -2.32. The Morgan fingerprint density at radius 1 is 1.17 bits per heavy atom. The summed E-state index contributed by atoms with van der Waals surface area (Å²) in [6.45, 7) is 2.94. The summed E-state index contributed by atoms with van der Waals surface area (Å²) in [5, 5.41) is 20.7. The minimum atomic E-state index is -0.819. The zero-order valence-electron chi connectivity index (χ0n) is 13.1. The molecule has 1 N–H and O–H groups in total. The van der Waals surface area contributed by atoms with Crippen LogP contribution in [0.25, 0.3) is 0 Å². The van der Waals surface area contributed by atoms with Crippen LogP contribution in [0.3, 0.4) is 0 Å². The quantitative estimate of drug-likeness (QED) is 0.619. The number of carbonyl (C=O) groups is 1. The lowest BCUT2D eigenvalue weighted by molar-refractivity contribution is -0.383. The van der Waals surface area contributed by atoms with Crippen LogP contribution in [0.15, 0.2) is 6.33 Å². The summed E-state index contributed by atoms with van der Waals surface area (Å²) in [4.78, 5) is 34.1. The number of rotatable bonds is 4. The van der Waals surface area contributed by atoms with E-state index in [1.165, 1.54) is 6.33 Å². The molecule has 2 saturated heterocycles. The third-order valence-electron chi connectivity index (χ3n) is 4.42. The number of nitrogens with zero attached hydrogens (tertiary/aromatic N) is 5. The second-order valence-electron chi connectivity index (χ2n) is 5.83. The van der Waals surface area contributed by atoms with Crippen molar-refractivity contribution >= 4 is 23.3 Å². The van der Waals surface area contributed by atoms with Gasteiger partial charge in [-0.15, -0.1) is 0 Å². The van der Waals surface area contributed by atoms with Gasteiger partial charge in [-0.3, -0.25) is 14.9 Å². The number of anilines is 2. The summed E-state index contributed by atoms with van der Waals surface area (Å²) in [6.07, 6.45) is 2.23. The molecule has 3 rings (SSSR count). The molecule has 2 aliphatic rings. The number of carboxylic acid groups (broad SMARTS) is 1. The maximum absolute atomic E-state index is 11.6. The van der Waals surface area contributed by atoms with Crippen molar-refractivity contribution < 1.29 is 19.6 Å². The third-order valence-corrected chi connectivity index (χ3v) is 4.42. The molecule has 0 unspecified atom stereocenters. The molecular weight excluding hydrogens is 318 g/mol. The molecule has 10 heteroatoms. The molecule has 0 aromatic carbocycles. The van der Waals surface area contributed by atoms with Gasteiger partial charge in [0.25, 0.3) is 0 Å². The van der Waals surface area contributed by atoms with Crippen LogP contribution in [0.4, 0.5) is 17.3 Å². The number of piperidine rings is 1. The van der Waals surface area contributed by atoms with Gasteiger partial charge in [0, 0.05) is 26.2 Å². The maximum Gasteiger partial charge on any atom is 0.353 e. The molecule has 0 spiro atoms. The Morgan fingerprint density at radius 2 is 1.71 bits per heavy atom. The maximum atomic E-state index is 11.6. The molecule has 130 valence electrons. The summed E-state index contributed by atoms with van der Waals surface area (Å²) >= 11 is 0. The standard InChI is InChI=1S/C14H19N5O5/c20-14(21)10-1-3-17(4-2-10)12-11(19(22)23)13(16-9-15-12)18-5-7-24-8-6-18/h9-10H,1-8H2,(H,20,21). The predicted octanol–water partition coefficient (Wildman–Crippen LogP) is 0.522. The van der Waals surface area contributed by atoms with Crippen molar-refractivity contribution in [2.24, 2.45) is 5.92 Å². The smallest absolute Gasteiger partial charge is 0.353 e. The van der Waals surface area contributed by atoms with Gasteiger partial charge in [-0.1, -0.05) is 0 Å². The summed E-state index contributed by atoms with van der Waals surface area (Å²) in [7, 11) is 0. The molecule has 1 aromatic heterocycles. The van der Waals surface area contributed by atoms with E-state index in [1.807, 2.05) is 4.90 Å². The van der Waals surface area contributed by atoms with Crippen molar-refractivity contribution in [3.05, 3.63) is 16.4 Å². The lowest BCUT2D eigenvalue weighted by atomic mass is 9.97. The van der Waals surface area contributed by atoms with Crippen molar-refractivity contribution in [1.29, 1.82) is 0 Å². The largest absolute Gasteiger partial charge is 0.481 e. The molecule has 24 heavy (non-hydrogen) atoms. The van der Waals surface area contributed by atoms with Crippen LogP contribution < -0.4 is 9.80 Å². The van der Waals surface area contributed by atoms with E-state index in [-0.39, 0.29) is 11.5 Å². The third kappa shape index (κ3) is 3.23. The average Bonchev–Trinajstić information content (AvgIpc) is 2.61. The van der Waals surface area contributed by atoms with Crippen molar-refractivity contribution in [2.75, 3.05) is 49.2 Å². The SMILES string of the molecule is O=C(O)C1CCN(c2ncnc(N3CCOCC3)c2[N+](=O)[O-])CC1. The van der Waals surface area contributed by atoms with Gasteiger partial charge >= 0.3 is 11.7 Å². The molecule has 0 saturated carbocycles. The highest BCUT2D eigenvalue weighted by Crippen LogP contribution is 2.36. The Balaban J connectivity index is 1.88. The molecule has 1 aromatic rings. The van der Waals surface area contributed by atoms with Gasteiger partial charge in [0.15, 0.2) is 0 Å². The summed E-state index contributed by atoms with van der Waals surface area (Å²) in [5.74, 6) is -0.657. The number of morpholine rings is 1. The van der Waals surface area contributed by atoms with Crippen molar-refractivity contribution in [1.82, 2.24) is 9.97 Å². The first kappa shape index (κ1) is 16.4. The molecule has 0 aliphatic carbocycles. The number of ether oxygens (including phenoxy) is 1. The van der Waals surface area contributed by atoms with E-state index >= 15 is 0 Å². The number of aliphatic carboxylic acids is 1. The number of nitro groups is 1. The topological polar surface area (TPSA) is 122 Å². The van der Waals surface area contributed by atoms with Gasteiger partial charge in [-0.05, 0) is 12.8 Å². The van der Waals surface area contributed by atoms with Crippen LogP contribution in [0.2, 0.25) is 0 Å². The Hall–Kier alpha value is -2.49. The highest BCUT2D eigenvalue weighted by molar-refractivity contribution is 5.73. The van der Waals surface area contributed by atoms with Gasteiger partial charge in [-0.2, -0.15) is 0 Å². The van der Waals surface area contributed by atoms with E-state index in [0.29, 0.717) is 58.1 Å². The highest BCUT2D eigenvalue weighted by atomic mass is 16.6. The summed E-state index contributed by atoms with van der Waals surface area (Å²) in [6, 6.07) is 0. The molecule has 0 amide bonds. The van der Waals surface area contributed by atoms with Gasteiger partial charge in [0.05, 0.1) is 24.1 Å². The van der Waals surface area contributed by atoms with Gasteiger partial charge in [-0.25, -0.2) is 9.97 Å². The minimum absolute atomic E-state index is 0.117. The monoisotopic (exact) mass is 337 g/mol. The number of carboxylic acids is 1. The average molecular weight is 337 g/mol. The van der Waals surface area contributed by atoms with Crippen LogP contribution in [-0.4, -0.2) is 65.4 Å². The Labute approximate surface area is 138 Å². The summed E-state index contributed by atoms with van der Waals surface area (Å²) in [5.41, 5.74) is -0.117. The van der Waals surface area contributed by atoms with Crippen LogP contribution in [-0.2, 0) is 9.53 Å². The molecule has 0 bridgehead atoms. The van der Waals surface area contributed by atoms with Crippen LogP contribution >= 0.6 is 0 Å². The van der Waals surface area contributed by atoms with E-state index in [9.17, 15) is 14.9 Å². The molecule has 2 aliphatic heterocycles. The second-order valence-corrected chi connectivity index (χ2v) is 5.83. The first-order valence-corrected chi connectivity index (χ1v) is 7.87. The predicted molar refractivity (Wildman–Crippen MR) is 84.3 cm³/mol. The first-order valence-electron chi connectivity index (χ1n) is 7.87. The van der Waals surface area contributed by atoms with Crippen LogP contribution in [0, 0.1) is 16.0 Å². The fraction of sp³-hybridized carbons (Fsp3) is 0.643. The molecule has 10 nitrogen and oxygen atoms in total. The fourth-order valence-corrected chi connectivity index (χ4v) is 3.10.